The fourth-order valence-electron chi connectivity index (χ4n) is 3.30. The van der Waals surface area contributed by atoms with Crippen molar-refractivity contribution in [3.8, 4) is 0 Å². The first kappa shape index (κ1) is 14.5. The normalized spacial score (nSPS) is 25.2. The summed E-state index contributed by atoms with van der Waals surface area (Å²) in [5.74, 6) is 0.828. The van der Waals surface area contributed by atoms with Gasteiger partial charge in [0.25, 0.3) is 0 Å². The summed E-state index contributed by atoms with van der Waals surface area (Å²) in [6.07, 6.45) is 7.81. The lowest BCUT2D eigenvalue weighted by molar-refractivity contribution is 0.265. The highest BCUT2D eigenvalue weighted by Gasteiger charge is 2.22. The molecule has 1 nitrogen and oxygen atoms in total. The average Bonchev–Trinajstić information content (AvgIpc) is 2.42. The molecular formula is C17H26FN. The van der Waals surface area contributed by atoms with Crippen LogP contribution in [-0.4, -0.2) is 6.04 Å². The number of hydrogen-bond donors (Lipinski definition) is 1. The van der Waals surface area contributed by atoms with E-state index in [-0.39, 0.29) is 11.9 Å². The van der Waals surface area contributed by atoms with E-state index in [0.717, 1.165) is 11.5 Å². The molecule has 106 valence electrons. The Kier molecular flexibility index (Phi) is 5.38. The fraction of sp³-hybridized carbons (Fsp3) is 0.647. The summed E-state index contributed by atoms with van der Waals surface area (Å²) in [5, 5.41) is 3.60. The number of halogens is 1. The van der Waals surface area contributed by atoms with Crippen LogP contribution in [0.5, 0.6) is 0 Å². The minimum Gasteiger partial charge on any atom is -0.307 e. The van der Waals surface area contributed by atoms with Gasteiger partial charge in [-0.3, -0.25) is 0 Å². The molecule has 2 heteroatoms. The van der Waals surface area contributed by atoms with Crippen molar-refractivity contribution in [1.82, 2.24) is 5.32 Å². The predicted octanol–water partition coefficient (Wildman–Crippen LogP) is 4.84. The molecule has 0 amide bonds. The summed E-state index contributed by atoms with van der Waals surface area (Å²) in [5.41, 5.74) is 0.790. The second-order valence-corrected chi connectivity index (χ2v) is 5.92. The van der Waals surface area contributed by atoms with Gasteiger partial charge in [-0.1, -0.05) is 38.0 Å². The standard InChI is InChI=1S/C17H26FN/c1-3-6-14-9-11-15(12-10-14)19-13(2)16-7-4-5-8-17(16)18/h4-5,7-8,13-15,19H,3,6,9-12H2,1-2H3. The van der Waals surface area contributed by atoms with Crippen LogP contribution in [0.1, 0.15) is 64.0 Å². The van der Waals surface area contributed by atoms with Crippen molar-refractivity contribution < 1.29 is 4.39 Å². The molecule has 0 bridgehead atoms. The minimum absolute atomic E-state index is 0.0952. The Labute approximate surface area is 116 Å². The molecule has 0 aliphatic heterocycles. The molecule has 1 N–H and O–H groups in total. The molecule has 1 aromatic carbocycles. The average molecular weight is 263 g/mol. The second-order valence-electron chi connectivity index (χ2n) is 5.92. The van der Waals surface area contributed by atoms with Crippen LogP contribution in [0.4, 0.5) is 4.39 Å². The second kappa shape index (κ2) is 7.04. The zero-order valence-corrected chi connectivity index (χ0v) is 12.2. The summed E-state index contributed by atoms with van der Waals surface area (Å²) < 4.78 is 13.7. The Balaban J connectivity index is 1.84. The van der Waals surface area contributed by atoms with E-state index >= 15 is 0 Å². The third-order valence-corrected chi connectivity index (χ3v) is 4.40. The Bertz CT molecular complexity index is 383. The largest absolute Gasteiger partial charge is 0.307 e. The Hall–Kier alpha value is -0.890. The van der Waals surface area contributed by atoms with Crippen LogP contribution in [0.3, 0.4) is 0 Å². The van der Waals surface area contributed by atoms with Gasteiger partial charge in [0.2, 0.25) is 0 Å². The van der Waals surface area contributed by atoms with Gasteiger partial charge in [0.1, 0.15) is 5.82 Å². The maximum Gasteiger partial charge on any atom is 0.127 e. The van der Waals surface area contributed by atoms with Crippen LogP contribution in [-0.2, 0) is 0 Å². The number of rotatable bonds is 5. The third kappa shape index (κ3) is 4.04. The molecule has 2 rings (SSSR count). The third-order valence-electron chi connectivity index (χ3n) is 4.40. The Morgan fingerprint density at radius 2 is 1.89 bits per heavy atom. The Morgan fingerprint density at radius 1 is 1.21 bits per heavy atom. The number of benzene rings is 1. The van der Waals surface area contributed by atoms with Crippen molar-refractivity contribution in [2.24, 2.45) is 5.92 Å². The van der Waals surface area contributed by atoms with Crippen molar-refractivity contribution in [1.29, 1.82) is 0 Å². The predicted molar refractivity (Wildman–Crippen MR) is 78.6 cm³/mol. The van der Waals surface area contributed by atoms with Crippen molar-refractivity contribution in [3.05, 3.63) is 35.6 Å². The number of hydrogen-bond acceptors (Lipinski definition) is 1. The van der Waals surface area contributed by atoms with Crippen LogP contribution in [0.15, 0.2) is 24.3 Å². The summed E-state index contributed by atoms with van der Waals surface area (Å²) in [6.45, 7) is 4.33. The van der Waals surface area contributed by atoms with E-state index in [0.29, 0.717) is 6.04 Å². The molecule has 19 heavy (non-hydrogen) atoms. The van der Waals surface area contributed by atoms with Crippen LogP contribution in [0.2, 0.25) is 0 Å². The quantitative estimate of drug-likeness (QED) is 0.802. The molecule has 1 atom stereocenters. The van der Waals surface area contributed by atoms with Crippen molar-refractivity contribution in [2.45, 2.75) is 64.5 Å². The Morgan fingerprint density at radius 3 is 2.53 bits per heavy atom. The van der Waals surface area contributed by atoms with Gasteiger partial charge in [-0.2, -0.15) is 0 Å². The van der Waals surface area contributed by atoms with Crippen LogP contribution in [0.25, 0.3) is 0 Å². The summed E-state index contributed by atoms with van der Waals surface area (Å²) in [6, 6.07) is 7.76. The van der Waals surface area contributed by atoms with Gasteiger partial charge in [-0.25, -0.2) is 4.39 Å². The van der Waals surface area contributed by atoms with E-state index < -0.39 is 0 Å². The lowest BCUT2D eigenvalue weighted by Crippen LogP contribution is -2.35. The lowest BCUT2D eigenvalue weighted by Gasteiger charge is -2.31. The van der Waals surface area contributed by atoms with Gasteiger partial charge >= 0.3 is 0 Å². The highest BCUT2D eigenvalue weighted by Crippen LogP contribution is 2.29. The first-order valence-electron chi connectivity index (χ1n) is 7.71. The monoisotopic (exact) mass is 263 g/mol. The van der Waals surface area contributed by atoms with Gasteiger partial charge in [0, 0.05) is 17.6 Å². The van der Waals surface area contributed by atoms with E-state index in [1.54, 1.807) is 12.1 Å². The molecule has 1 aliphatic rings. The van der Waals surface area contributed by atoms with Gasteiger partial charge in [-0.05, 0) is 44.6 Å². The summed E-state index contributed by atoms with van der Waals surface area (Å²) in [7, 11) is 0. The molecule has 1 unspecified atom stereocenters. The first-order valence-corrected chi connectivity index (χ1v) is 7.71. The van der Waals surface area contributed by atoms with E-state index in [1.165, 1.54) is 38.5 Å². The van der Waals surface area contributed by atoms with E-state index in [9.17, 15) is 4.39 Å². The topological polar surface area (TPSA) is 12.0 Å². The zero-order chi connectivity index (χ0) is 13.7. The van der Waals surface area contributed by atoms with Crippen molar-refractivity contribution >= 4 is 0 Å². The van der Waals surface area contributed by atoms with E-state index in [1.807, 2.05) is 12.1 Å². The van der Waals surface area contributed by atoms with Crippen LogP contribution in [0, 0.1) is 11.7 Å². The molecule has 1 fully saturated rings. The van der Waals surface area contributed by atoms with Crippen LogP contribution >= 0.6 is 0 Å². The molecule has 0 saturated heterocycles. The smallest absolute Gasteiger partial charge is 0.127 e. The van der Waals surface area contributed by atoms with Gasteiger partial charge in [-0.15, -0.1) is 0 Å². The van der Waals surface area contributed by atoms with Gasteiger partial charge in [0.15, 0.2) is 0 Å². The van der Waals surface area contributed by atoms with Gasteiger partial charge < -0.3 is 5.32 Å². The molecule has 1 aliphatic carbocycles. The lowest BCUT2D eigenvalue weighted by atomic mass is 9.83. The fourth-order valence-corrected chi connectivity index (χ4v) is 3.30. The summed E-state index contributed by atoms with van der Waals surface area (Å²) >= 11 is 0. The zero-order valence-electron chi connectivity index (χ0n) is 12.2. The molecular weight excluding hydrogens is 237 g/mol. The molecule has 0 spiro atoms. The summed E-state index contributed by atoms with van der Waals surface area (Å²) in [4.78, 5) is 0. The van der Waals surface area contributed by atoms with E-state index in [2.05, 4.69) is 19.2 Å². The molecule has 0 heterocycles. The maximum atomic E-state index is 13.7. The molecule has 0 aromatic heterocycles. The van der Waals surface area contributed by atoms with Crippen molar-refractivity contribution in [2.75, 3.05) is 0 Å². The molecule has 0 radical (unpaired) electrons. The van der Waals surface area contributed by atoms with Crippen LogP contribution < -0.4 is 5.32 Å². The van der Waals surface area contributed by atoms with E-state index in [4.69, 9.17) is 0 Å². The SMILES string of the molecule is CCCC1CCC(NC(C)c2ccccc2F)CC1. The molecule has 1 saturated carbocycles. The van der Waals surface area contributed by atoms with Gasteiger partial charge in [0.05, 0.1) is 0 Å². The highest BCUT2D eigenvalue weighted by atomic mass is 19.1. The van der Waals surface area contributed by atoms with Crippen molar-refractivity contribution in [3.63, 3.8) is 0 Å². The first-order chi connectivity index (χ1) is 9.20. The number of nitrogens with one attached hydrogen (secondary N) is 1. The molecule has 1 aromatic rings. The highest BCUT2D eigenvalue weighted by molar-refractivity contribution is 5.20. The minimum atomic E-state index is -0.0952. The maximum absolute atomic E-state index is 13.7.